The van der Waals surface area contributed by atoms with E-state index in [9.17, 15) is 0 Å². The van der Waals surface area contributed by atoms with Crippen LogP contribution in [0.1, 0.15) is 36.6 Å². The van der Waals surface area contributed by atoms with Gasteiger partial charge in [0.1, 0.15) is 11.6 Å². The molecule has 0 atom stereocenters. The molecule has 2 rings (SSSR count). The molecule has 0 amide bonds. The zero-order valence-corrected chi connectivity index (χ0v) is 11.9. The number of nitrogens with two attached hydrogens (primary N) is 1. The molecule has 0 radical (unpaired) electrons. The fourth-order valence-corrected chi connectivity index (χ4v) is 2.23. The van der Waals surface area contributed by atoms with Crippen LogP contribution in [0, 0.1) is 13.8 Å². The van der Waals surface area contributed by atoms with Gasteiger partial charge in [-0.1, -0.05) is 13.8 Å². The van der Waals surface area contributed by atoms with Gasteiger partial charge in [-0.2, -0.15) is 5.10 Å². The van der Waals surface area contributed by atoms with Crippen LogP contribution in [0.25, 0.3) is 5.82 Å². The van der Waals surface area contributed by atoms with Crippen LogP contribution in [-0.4, -0.2) is 19.7 Å². The average molecular weight is 260 g/mol. The standard InChI is InChI=1S/C13H20N6/c1-5-10-8(3)18-19(9(10)4)13-7-12(17-14)15-11(6-2)16-13/h7H,5-6,14H2,1-4H3,(H,15,16,17). The van der Waals surface area contributed by atoms with E-state index in [2.05, 4.69) is 34.3 Å². The first-order valence-electron chi connectivity index (χ1n) is 6.50. The molecule has 0 bridgehead atoms. The van der Waals surface area contributed by atoms with Gasteiger partial charge in [0.15, 0.2) is 5.82 Å². The molecule has 0 fully saturated rings. The minimum absolute atomic E-state index is 0.604. The number of hydrazine groups is 1. The number of aromatic nitrogens is 4. The number of aryl methyl sites for hydroxylation is 2. The quantitative estimate of drug-likeness (QED) is 0.646. The predicted octanol–water partition coefficient (Wildman–Crippen LogP) is 1.69. The molecule has 2 aromatic heterocycles. The van der Waals surface area contributed by atoms with E-state index in [1.807, 2.05) is 18.5 Å². The number of nitrogen functional groups attached to an aromatic ring is 1. The number of hydrogen-bond donors (Lipinski definition) is 2. The van der Waals surface area contributed by atoms with Crippen molar-refractivity contribution in [3.63, 3.8) is 0 Å². The Balaban J connectivity index is 2.58. The molecule has 0 aromatic carbocycles. The Morgan fingerprint density at radius 1 is 1.21 bits per heavy atom. The number of nitrogens with one attached hydrogen (secondary N) is 1. The predicted molar refractivity (Wildman–Crippen MR) is 75.2 cm³/mol. The molecule has 2 aromatic rings. The minimum Gasteiger partial charge on any atom is -0.308 e. The van der Waals surface area contributed by atoms with E-state index < -0.39 is 0 Å². The summed E-state index contributed by atoms with van der Waals surface area (Å²) in [5.41, 5.74) is 5.99. The first kappa shape index (κ1) is 13.5. The van der Waals surface area contributed by atoms with Crippen molar-refractivity contribution in [2.45, 2.75) is 40.5 Å². The summed E-state index contributed by atoms with van der Waals surface area (Å²) in [6.45, 7) is 8.22. The molecule has 0 saturated heterocycles. The summed E-state index contributed by atoms with van der Waals surface area (Å²) in [6, 6.07) is 1.80. The molecule has 3 N–H and O–H groups in total. The molecule has 2 heterocycles. The van der Waals surface area contributed by atoms with Gasteiger partial charge in [-0.15, -0.1) is 0 Å². The summed E-state index contributed by atoms with van der Waals surface area (Å²) in [4.78, 5) is 8.80. The van der Waals surface area contributed by atoms with Gasteiger partial charge in [0.2, 0.25) is 0 Å². The van der Waals surface area contributed by atoms with E-state index in [4.69, 9.17) is 5.84 Å². The van der Waals surface area contributed by atoms with E-state index in [0.717, 1.165) is 35.9 Å². The maximum atomic E-state index is 5.45. The minimum atomic E-state index is 0.604. The number of anilines is 1. The lowest BCUT2D eigenvalue weighted by Crippen LogP contribution is -2.13. The fraction of sp³-hybridized carbons (Fsp3) is 0.462. The van der Waals surface area contributed by atoms with Crippen molar-refractivity contribution in [1.29, 1.82) is 0 Å². The third-order valence-corrected chi connectivity index (χ3v) is 3.23. The maximum Gasteiger partial charge on any atom is 0.159 e. The number of nitrogens with zero attached hydrogens (tertiary/aromatic N) is 4. The van der Waals surface area contributed by atoms with E-state index in [-0.39, 0.29) is 0 Å². The van der Waals surface area contributed by atoms with Gasteiger partial charge in [-0.05, 0) is 25.8 Å². The zero-order chi connectivity index (χ0) is 14.0. The largest absolute Gasteiger partial charge is 0.308 e. The second kappa shape index (κ2) is 5.36. The van der Waals surface area contributed by atoms with Crippen molar-refractivity contribution in [3.8, 4) is 5.82 Å². The van der Waals surface area contributed by atoms with Crippen LogP contribution < -0.4 is 11.3 Å². The van der Waals surface area contributed by atoms with Crippen molar-refractivity contribution >= 4 is 5.82 Å². The maximum absolute atomic E-state index is 5.45. The molecule has 0 unspecified atom stereocenters. The molecule has 6 heteroatoms. The van der Waals surface area contributed by atoms with Gasteiger partial charge in [-0.25, -0.2) is 20.5 Å². The van der Waals surface area contributed by atoms with Crippen molar-refractivity contribution < 1.29 is 0 Å². The lowest BCUT2D eigenvalue weighted by molar-refractivity contribution is 0.782. The third-order valence-electron chi connectivity index (χ3n) is 3.23. The normalized spacial score (nSPS) is 10.8. The average Bonchev–Trinajstić information content (AvgIpc) is 2.72. The van der Waals surface area contributed by atoms with Crippen LogP contribution in [-0.2, 0) is 12.8 Å². The van der Waals surface area contributed by atoms with Gasteiger partial charge in [0, 0.05) is 18.2 Å². The molecule has 19 heavy (non-hydrogen) atoms. The summed E-state index contributed by atoms with van der Waals surface area (Å²) < 4.78 is 1.86. The topological polar surface area (TPSA) is 81.6 Å². The monoisotopic (exact) mass is 260 g/mol. The third kappa shape index (κ3) is 2.44. The van der Waals surface area contributed by atoms with Gasteiger partial charge in [-0.3, -0.25) is 0 Å². The highest BCUT2D eigenvalue weighted by atomic mass is 15.3. The highest BCUT2D eigenvalue weighted by Gasteiger charge is 2.13. The first-order chi connectivity index (χ1) is 9.10. The summed E-state index contributed by atoms with van der Waals surface area (Å²) in [5, 5.41) is 4.56. The highest BCUT2D eigenvalue weighted by Crippen LogP contribution is 2.18. The van der Waals surface area contributed by atoms with E-state index in [1.165, 1.54) is 5.56 Å². The van der Waals surface area contributed by atoms with Crippen LogP contribution in [0.4, 0.5) is 5.82 Å². The fourth-order valence-electron chi connectivity index (χ4n) is 2.23. The van der Waals surface area contributed by atoms with Crippen molar-refractivity contribution in [2.24, 2.45) is 5.84 Å². The van der Waals surface area contributed by atoms with Gasteiger partial charge in [0.25, 0.3) is 0 Å². The molecular formula is C13H20N6. The lowest BCUT2D eigenvalue weighted by atomic mass is 10.1. The summed E-state index contributed by atoms with van der Waals surface area (Å²) in [5.74, 6) is 7.55. The van der Waals surface area contributed by atoms with E-state index in [1.54, 1.807) is 6.07 Å². The molecule has 0 aliphatic carbocycles. The summed E-state index contributed by atoms with van der Waals surface area (Å²) in [7, 11) is 0. The Bertz CT molecular complexity index is 565. The second-order valence-corrected chi connectivity index (χ2v) is 4.44. The number of rotatable bonds is 4. The van der Waals surface area contributed by atoms with E-state index in [0.29, 0.717) is 5.82 Å². The molecule has 102 valence electrons. The summed E-state index contributed by atoms with van der Waals surface area (Å²) >= 11 is 0. The Labute approximate surface area is 113 Å². The second-order valence-electron chi connectivity index (χ2n) is 4.44. The van der Waals surface area contributed by atoms with E-state index >= 15 is 0 Å². The van der Waals surface area contributed by atoms with Crippen LogP contribution >= 0.6 is 0 Å². The Kier molecular flexibility index (Phi) is 3.80. The summed E-state index contributed by atoms with van der Waals surface area (Å²) in [6.07, 6.45) is 1.72. The smallest absolute Gasteiger partial charge is 0.159 e. The van der Waals surface area contributed by atoms with Crippen LogP contribution in [0.2, 0.25) is 0 Å². The van der Waals surface area contributed by atoms with Crippen molar-refractivity contribution in [3.05, 3.63) is 28.8 Å². The first-order valence-corrected chi connectivity index (χ1v) is 6.50. The number of hydrogen-bond acceptors (Lipinski definition) is 5. The highest BCUT2D eigenvalue weighted by molar-refractivity contribution is 5.42. The zero-order valence-electron chi connectivity index (χ0n) is 11.9. The molecule has 0 aliphatic heterocycles. The lowest BCUT2D eigenvalue weighted by Gasteiger charge is -2.08. The van der Waals surface area contributed by atoms with Crippen LogP contribution in [0.5, 0.6) is 0 Å². The van der Waals surface area contributed by atoms with Gasteiger partial charge >= 0.3 is 0 Å². The van der Waals surface area contributed by atoms with Crippen molar-refractivity contribution in [2.75, 3.05) is 5.43 Å². The molecule has 0 aliphatic rings. The van der Waals surface area contributed by atoms with Gasteiger partial charge < -0.3 is 5.43 Å². The molecular weight excluding hydrogens is 240 g/mol. The van der Waals surface area contributed by atoms with Crippen LogP contribution in [0.15, 0.2) is 6.07 Å². The molecule has 0 spiro atoms. The Morgan fingerprint density at radius 2 is 1.95 bits per heavy atom. The molecule has 6 nitrogen and oxygen atoms in total. The molecule has 0 saturated carbocycles. The Morgan fingerprint density at radius 3 is 2.47 bits per heavy atom. The Hall–Kier alpha value is -1.95. The van der Waals surface area contributed by atoms with Crippen LogP contribution in [0.3, 0.4) is 0 Å². The van der Waals surface area contributed by atoms with Crippen molar-refractivity contribution in [1.82, 2.24) is 19.7 Å². The van der Waals surface area contributed by atoms with Gasteiger partial charge in [0.05, 0.1) is 5.69 Å². The SMILES string of the molecule is CCc1nc(NN)cc(-n2nc(C)c(CC)c2C)n1.